The van der Waals surface area contributed by atoms with Crippen LogP contribution in [0.15, 0.2) is 11.3 Å². The zero-order valence-corrected chi connectivity index (χ0v) is 13.8. The minimum atomic E-state index is -1.12. The van der Waals surface area contributed by atoms with Crippen molar-refractivity contribution in [2.45, 2.75) is 32.4 Å². The number of aliphatic hydroxyl groups is 1. The molecule has 24 heavy (non-hydrogen) atoms. The topological polar surface area (TPSA) is 124 Å². The number of β-lactam (4-membered cyclic amide) rings is 1. The Labute approximate surface area is 139 Å². The van der Waals surface area contributed by atoms with Crippen LogP contribution in [0.25, 0.3) is 0 Å². The summed E-state index contributed by atoms with van der Waals surface area (Å²) in [7, 11) is 0. The van der Waals surface area contributed by atoms with Crippen LogP contribution >= 0.6 is 0 Å². The van der Waals surface area contributed by atoms with Crippen LogP contribution in [-0.2, 0) is 14.4 Å². The molecule has 0 radical (unpaired) electrons. The number of fused-ring (bicyclic) bond motifs is 1. The number of nitrogens with zero attached hydrogens (tertiary/aromatic N) is 2. The third kappa shape index (κ3) is 2.41. The molecule has 5 unspecified atom stereocenters. The standard InChI is InChI=1S/C16H23N3O5/c1-7-10(6-18-4-3-9(5-18)14(17)21)13(16(23)24)19-12(7)11(8(2)20)15(19)22/h7-9,11-12,20H,3-6H2,1-2H3,(H2,17,21)(H,23,24). The van der Waals surface area contributed by atoms with Crippen LogP contribution in [0.2, 0.25) is 0 Å². The quantitative estimate of drug-likeness (QED) is 0.552. The van der Waals surface area contributed by atoms with E-state index in [0.717, 1.165) is 0 Å². The van der Waals surface area contributed by atoms with Crippen molar-refractivity contribution < 1.29 is 24.6 Å². The first-order valence-corrected chi connectivity index (χ1v) is 8.23. The Morgan fingerprint density at radius 2 is 2.08 bits per heavy atom. The van der Waals surface area contributed by atoms with E-state index in [1.54, 1.807) is 6.92 Å². The van der Waals surface area contributed by atoms with Crippen molar-refractivity contribution in [1.82, 2.24) is 9.80 Å². The molecule has 4 N–H and O–H groups in total. The molecule has 3 aliphatic rings. The summed E-state index contributed by atoms with van der Waals surface area (Å²) in [5.74, 6) is -2.69. The van der Waals surface area contributed by atoms with Crippen LogP contribution in [0.5, 0.6) is 0 Å². The molecule has 2 fully saturated rings. The van der Waals surface area contributed by atoms with E-state index in [1.165, 1.54) is 4.90 Å². The second kappa shape index (κ2) is 5.86. The normalized spacial score (nSPS) is 34.3. The summed E-state index contributed by atoms with van der Waals surface area (Å²) in [5, 5.41) is 19.4. The van der Waals surface area contributed by atoms with Crippen LogP contribution in [-0.4, -0.2) is 69.6 Å². The Balaban J connectivity index is 1.83. The molecule has 8 nitrogen and oxygen atoms in total. The molecule has 5 atom stereocenters. The van der Waals surface area contributed by atoms with Crippen LogP contribution in [0.3, 0.4) is 0 Å². The summed E-state index contributed by atoms with van der Waals surface area (Å²) in [6.45, 7) is 5.04. The van der Waals surface area contributed by atoms with Crippen molar-refractivity contribution in [2.24, 2.45) is 23.5 Å². The number of aliphatic carboxylic acids is 1. The molecule has 3 aliphatic heterocycles. The maximum absolute atomic E-state index is 12.3. The van der Waals surface area contributed by atoms with Crippen LogP contribution < -0.4 is 5.73 Å². The van der Waals surface area contributed by atoms with Gasteiger partial charge in [0.15, 0.2) is 0 Å². The lowest BCUT2D eigenvalue weighted by atomic mass is 9.77. The molecule has 0 spiro atoms. The number of carbonyl (C=O) groups is 3. The van der Waals surface area contributed by atoms with Crippen LogP contribution in [0.1, 0.15) is 20.3 Å². The van der Waals surface area contributed by atoms with Crippen molar-refractivity contribution in [1.29, 1.82) is 0 Å². The number of hydrogen-bond acceptors (Lipinski definition) is 5. The largest absolute Gasteiger partial charge is 0.477 e. The maximum atomic E-state index is 12.3. The summed E-state index contributed by atoms with van der Waals surface area (Å²) in [4.78, 5) is 38.6. The predicted molar refractivity (Wildman–Crippen MR) is 83.4 cm³/mol. The highest BCUT2D eigenvalue weighted by Gasteiger charge is 2.59. The van der Waals surface area contributed by atoms with Crippen LogP contribution in [0.4, 0.5) is 0 Å². The minimum Gasteiger partial charge on any atom is -0.477 e. The number of hydrogen-bond donors (Lipinski definition) is 3. The second-order valence-electron chi connectivity index (χ2n) is 7.06. The molecule has 0 aromatic carbocycles. The fourth-order valence-corrected chi connectivity index (χ4v) is 4.30. The van der Waals surface area contributed by atoms with Gasteiger partial charge in [0.05, 0.1) is 24.0 Å². The van der Waals surface area contributed by atoms with Crippen molar-refractivity contribution in [3.63, 3.8) is 0 Å². The molecule has 0 aromatic heterocycles. The summed E-state index contributed by atoms with van der Waals surface area (Å²) >= 11 is 0. The molecule has 132 valence electrons. The first-order valence-electron chi connectivity index (χ1n) is 8.23. The number of rotatable bonds is 5. The molecule has 0 aromatic rings. The maximum Gasteiger partial charge on any atom is 0.352 e. The van der Waals surface area contributed by atoms with Gasteiger partial charge in [0.25, 0.3) is 0 Å². The monoisotopic (exact) mass is 337 g/mol. The molecule has 8 heteroatoms. The van der Waals surface area contributed by atoms with E-state index in [9.17, 15) is 24.6 Å². The second-order valence-corrected chi connectivity index (χ2v) is 7.06. The molecule has 2 saturated heterocycles. The minimum absolute atomic E-state index is 0.0388. The first kappa shape index (κ1) is 16.9. The SMILES string of the molecule is CC(O)C1C(=O)N2C(C(=O)O)=C(CN3CCC(C(N)=O)C3)C(C)C12. The van der Waals surface area contributed by atoms with Gasteiger partial charge in [0.2, 0.25) is 11.8 Å². The smallest absolute Gasteiger partial charge is 0.352 e. The number of carbonyl (C=O) groups excluding carboxylic acids is 2. The highest BCUT2D eigenvalue weighted by Crippen LogP contribution is 2.47. The number of primary amides is 1. The predicted octanol–water partition coefficient (Wildman–Crippen LogP) is -1.01. The Hall–Kier alpha value is -1.93. The van der Waals surface area contributed by atoms with E-state index >= 15 is 0 Å². The van der Waals surface area contributed by atoms with Gasteiger partial charge >= 0.3 is 5.97 Å². The molecule has 3 heterocycles. The van der Waals surface area contributed by atoms with E-state index in [1.807, 2.05) is 11.8 Å². The summed E-state index contributed by atoms with van der Waals surface area (Å²) in [6.07, 6.45) is -0.136. The molecule has 3 rings (SSSR count). The number of nitrogens with two attached hydrogens (primary N) is 1. The molecule has 0 saturated carbocycles. The van der Waals surface area contributed by atoms with Gasteiger partial charge in [0.1, 0.15) is 5.70 Å². The van der Waals surface area contributed by atoms with Gasteiger partial charge in [-0.15, -0.1) is 0 Å². The van der Waals surface area contributed by atoms with E-state index < -0.39 is 18.0 Å². The Morgan fingerprint density at radius 1 is 1.42 bits per heavy atom. The summed E-state index contributed by atoms with van der Waals surface area (Å²) < 4.78 is 0. The Bertz CT molecular complexity index is 629. The third-order valence-corrected chi connectivity index (χ3v) is 5.59. The Morgan fingerprint density at radius 3 is 2.58 bits per heavy atom. The lowest BCUT2D eigenvalue weighted by Gasteiger charge is -2.46. The van der Waals surface area contributed by atoms with Crippen molar-refractivity contribution in [2.75, 3.05) is 19.6 Å². The zero-order valence-electron chi connectivity index (χ0n) is 13.8. The Kier molecular flexibility index (Phi) is 4.13. The van der Waals surface area contributed by atoms with Gasteiger partial charge in [0, 0.05) is 19.0 Å². The van der Waals surface area contributed by atoms with Gasteiger partial charge in [-0.3, -0.25) is 14.5 Å². The highest BCUT2D eigenvalue weighted by atomic mass is 16.4. The van der Waals surface area contributed by atoms with E-state index in [0.29, 0.717) is 31.6 Å². The van der Waals surface area contributed by atoms with Crippen molar-refractivity contribution in [3.8, 4) is 0 Å². The summed E-state index contributed by atoms with van der Waals surface area (Å²) in [5.41, 5.74) is 6.07. The van der Waals surface area contributed by atoms with Gasteiger partial charge in [-0.05, 0) is 25.5 Å². The van der Waals surface area contributed by atoms with Gasteiger partial charge in [-0.25, -0.2) is 4.79 Å². The van der Waals surface area contributed by atoms with Crippen molar-refractivity contribution in [3.05, 3.63) is 11.3 Å². The fourth-order valence-electron chi connectivity index (χ4n) is 4.30. The fraction of sp³-hybridized carbons (Fsp3) is 0.688. The average molecular weight is 337 g/mol. The molecule has 0 aliphatic carbocycles. The van der Waals surface area contributed by atoms with E-state index in [4.69, 9.17) is 5.73 Å². The highest BCUT2D eigenvalue weighted by molar-refractivity contribution is 6.00. The number of carboxylic acids is 1. The number of carboxylic acid groups (broad SMARTS) is 1. The lowest BCUT2D eigenvalue weighted by molar-refractivity contribution is -0.163. The average Bonchev–Trinajstić information content (AvgIpc) is 3.03. The molecule has 0 bridgehead atoms. The molecular formula is C16H23N3O5. The molecular weight excluding hydrogens is 314 g/mol. The number of likely N-dealkylation sites (tertiary alicyclic amines) is 1. The van der Waals surface area contributed by atoms with E-state index in [-0.39, 0.29) is 35.4 Å². The molecule has 2 amide bonds. The van der Waals surface area contributed by atoms with Gasteiger partial charge in [-0.1, -0.05) is 6.92 Å². The van der Waals surface area contributed by atoms with Gasteiger partial charge < -0.3 is 20.8 Å². The van der Waals surface area contributed by atoms with E-state index in [2.05, 4.69) is 0 Å². The van der Waals surface area contributed by atoms with Crippen molar-refractivity contribution >= 4 is 17.8 Å². The first-order chi connectivity index (χ1) is 11.2. The summed E-state index contributed by atoms with van der Waals surface area (Å²) in [6, 6.07) is -0.298. The number of aliphatic hydroxyl groups excluding tert-OH is 1. The lowest BCUT2D eigenvalue weighted by Crippen LogP contribution is -2.63. The zero-order chi connectivity index (χ0) is 17.8. The van der Waals surface area contributed by atoms with Gasteiger partial charge in [-0.2, -0.15) is 0 Å². The van der Waals surface area contributed by atoms with Crippen LogP contribution in [0, 0.1) is 17.8 Å². The number of amides is 2. The third-order valence-electron chi connectivity index (χ3n) is 5.59.